The van der Waals surface area contributed by atoms with Crippen LogP contribution in [0.1, 0.15) is 6.42 Å². The Bertz CT molecular complexity index is 303. The molecule has 62 valence electrons. The Morgan fingerprint density at radius 3 is 3.17 bits per heavy atom. The Hall–Kier alpha value is -1.03. The van der Waals surface area contributed by atoms with Gasteiger partial charge in [-0.2, -0.15) is 0 Å². The van der Waals surface area contributed by atoms with E-state index in [0.717, 1.165) is 5.57 Å². The van der Waals surface area contributed by atoms with Gasteiger partial charge >= 0.3 is 11.9 Å². The second-order valence-electron chi connectivity index (χ2n) is 2.60. The van der Waals surface area contributed by atoms with Gasteiger partial charge in [0.05, 0.1) is 12.3 Å². The standard InChI is InChI=1S/C8H6O3S/c9-7-3-5-4-12-2-1-6(5)8(10)11-7/h1-2,4,6H,3H2. The molecule has 0 radical (unpaired) electrons. The van der Waals surface area contributed by atoms with Crippen molar-refractivity contribution in [1.29, 1.82) is 0 Å². The molecule has 0 aliphatic carbocycles. The van der Waals surface area contributed by atoms with E-state index in [1.54, 1.807) is 6.08 Å². The lowest BCUT2D eigenvalue weighted by molar-refractivity contribution is -0.163. The SMILES string of the molecule is O=C1CC2=CSC=CC2C(=O)O1. The molecular formula is C8H6O3S. The summed E-state index contributed by atoms with van der Waals surface area (Å²) < 4.78 is 4.48. The summed E-state index contributed by atoms with van der Waals surface area (Å²) in [5, 5.41) is 3.66. The van der Waals surface area contributed by atoms with E-state index in [-0.39, 0.29) is 12.3 Å². The van der Waals surface area contributed by atoms with Crippen LogP contribution in [0.5, 0.6) is 0 Å². The molecule has 12 heavy (non-hydrogen) atoms. The van der Waals surface area contributed by atoms with Crippen LogP contribution in [0.15, 0.2) is 22.5 Å². The molecule has 0 amide bonds. The number of rotatable bonds is 0. The molecule has 4 heteroatoms. The van der Waals surface area contributed by atoms with Crippen molar-refractivity contribution in [2.75, 3.05) is 0 Å². The maximum absolute atomic E-state index is 11.1. The van der Waals surface area contributed by atoms with Gasteiger partial charge in [-0.1, -0.05) is 6.08 Å². The number of carbonyl (C=O) groups excluding carboxylic acids is 2. The molecule has 0 aromatic heterocycles. The third kappa shape index (κ3) is 1.18. The van der Waals surface area contributed by atoms with Gasteiger partial charge < -0.3 is 4.74 Å². The van der Waals surface area contributed by atoms with E-state index in [2.05, 4.69) is 4.74 Å². The molecule has 2 aliphatic rings. The quantitative estimate of drug-likeness (QED) is 0.417. The van der Waals surface area contributed by atoms with Gasteiger partial charge in [-0.15, -0.1) is 11.8 Å². The highest BCUT2D eigenvalue weighted by molar-refractivity contribution is 8.05. The first-order chi connectivity index (χ1) is 5.77. The minimum absolute atomic E-state index is 0.244. The monoisotopic (exact) mass is 182 g/mol. The van der Waals surface area contributed by atoms with E-state index in [4.69, 9.17) is 0 Å². The van der Waals surface area contributed by atoms with Gasteiger partial charge in [0.15, 0.2) is 0 Å². The molecular weight excluding hydrogens is 176 g/mol. The van der Waals surface area contributed by atoms with Crippen LogP contribution in [0.25, 0.3) is 0 Å². The second-order valence-corrected chi connectivity index (χ2v) is 3.38. The minimum atomic E-state index is -0.450. The van der Waals surface area contributed by atoms with E-state index in [9.17, 15) is 9.59 Å². The van der Waals surface area contributed by atoms with Crippen molar-refractivity contribution in [3.63, 3.8) is 0 Å². The van der Waals surface area contributed by atoms with Crippen molar-refractivity contribution in [1.82, 2.24) is 0 Å². The summed E-state index contributed by atoms with van der Waals surface area (Å²) in [4.78, 5) is 21.9. The highest BCUT2D eigenvalue weighted by Gasteiger charge is 2.32. The van der Waals surface area contributed by atoms with Crippen molar-refractivity contribution in [2.24, 2.45) is 5.92 Å². The minimum Gasteiger partial charge on any atom is -0.392 e. The molecule has 2 heterocycles. The Morgan fingerprint density at radius 1 is 1.50 bits per heavy atom. The Balaban J connectivity index is 2.29. The number of cyclic esters (lactones) is 2. The van der Waals surface area contributed by atoms with Gasteiger partial charge in [0.2, 0.25) is 0 Å². The zero-order chi connectivity index (χ0) is 8.55. The molecule has 1 unspecified atom stereocenters. The number of hydrogen-bond donors (Lipinski definition) is 0. The number of thioether (sulfide) groups is 1. The van der Waals surface area contributed by atoms with Crippen LogP contribution >= 0.6 is 11.8 Å². The fraction of sp³-hybridized carbons (Fsp3) is 0.250. The molecule has 2 rings (SSSR count). The maximum Gasteiger partial charge on any atom is 0.324 e. The van der Waals surface area contributed by atoms with Gasteiger partial charge in [-0.25, -0.2) is 0 Å². The highest BCUT2D eigenvalue weighted by Crippen LogP contribution is 2.31. The highest BCUT2D eigenvalue weighted by atomic mass is 32.2. The van der Waals surface area contributed by atoms with E-state index >= 15 is 0 Å². The van der Waals surface area contributed by atoms with E-state index < -0.39 is 11.9 Å². The summed E-state index contributed by atoms with van der Waals surface area (Å²) in [5.41, 5.74) is 0.851. The molecule has 0 N–H and O–H groups in total. The van der Waals surface area contributed by atoms with Crippen LogP contribution in [0, 0.1) is 5.92 Å². The molecule has 1 fully saturated rings. The van der Waals surface area contributed by atoms with Crippen LogP contribution in [-0.2, 0) is 14.3 Å². The van der Waals surface area contributed by atoms with Crippen LogP contribution in [0.2, 0.25) is 0 Å². The van der Waals surface area contributed by atoms with Gasteiger partial charge in [0.1, 0.15) is 0 Å². The van der Waals surface area contributed by atoms with Crippen molar-refractivity contribution in [3.8, 4) is 0 Å². The molecule has 0 saturated carbocycles. The maximum atomic E-state index is 11.1. The van der Waals surface area contributed by atoms with Crippen LogP contribution in [-0.4, -0.2) is 11.9 Å². The Kier molecular flexibility index (Phi) is 1.77. The van der Waals surface area contributed by atoms with Crippen molar-refractivity contribution in [2.45, 2.75) is 6.42 Å². The topological polar surface area (TPSA) is 43.4 Å². The molecule has 0 aromatic carbocycles. The Labute approximate surface area is 73.5 Å². The zero-order valence-electron chi connectivity index (χ0n) is 6.15. The van der Waals surface area contributed by atoms with E-state index in [1.807, 2.05) is 10.8 Å². The number of esters is 2. The zero-order valence-corrected chi connectivity index (χ0v) is 6.97. The number of carbonyl (C=O) groups is 2. The third-order valence-corrected chi connectivity index (χ3v) is 2.54. The molecule has 0 bridgehead atoms. The number of ether oxygens (including phenoxy) is 1. The Morgan fingerprint density at radius 2 is 2.33 bits per heavy atom. The van der Waals surface area contributed by atoms with Gasteiger partial charge in [0, 0.05) is 0 Å². The van der Waals surface area contributed by atoms with Crippen molar-refractivity contribution >= 4 is 23.7 Å². The fourth-order valence-corrected chi connectivity index (χ4v) is 1.94. The summed E-state index contributed by atoms with van der Waals surface area (Å²) in [5.74, 6) is -1.21. The predicted octanol–water partition coefficient (Wildman–Crippen LogP) is 1.22. The lowest BCUT2D eigenvalue weighted by Gasteiger charge is -2.21. The molecule has 2 aliphatic heterocycles. The average Bonchev–Trinajstić information content (AvgIpc) is 2.04. The molecule has 3 nitrogen and oxygen atoms in total. The molecule has 0 spiro atoms. The van der Waals surface area contributed by atoms with Crippen molar-refractivity contribution < 1.29 is 14.3 Å². The first-order valence-electron chi connectivity index (χ1n) is 3.53. The fourth-order valence-electron chi connectivity index (χ4n) is 1.21. The summed E-state index contributed by atoms with van der Waals surface area (Å²) in [6.45, 7) is 0. The van der Waals surface area contributed by atoms with Crippen molar-refractivity contribution in [3.05, 3.63) is 22.5 Å². The van der Waals surface area contributed by atoms with E-state index in [1.165, 1.54) is 11.8 Å². The van der Waals surface area contributed by atoms with Crippen LogP contribution in [0.3, 0.4) is 0 Å². The smallest absolute Gasteiger partial charge is 0.324 e. The largest absolute Gasteiger partial charge is 0.392 e. The number of hydrogen-bond acceptors (Lipinski definition) is 4. The summed E-state index contributed by atoms with van der Waals surface area (Å²) in [6.07, 6.45) is 2.00. The first kappa shape index (κ1) is 7.61. The normalized spacial score (nSPS) is 27.7. The third-order valence-electron chi connectivity index (χ3n) is 1.79. The van der Waals surface area contributed by atoms with E-state index in [0.29, 0.717) is 0 Å². The summed E-state index contributed by atoms with van der Waals surface area (Å²) in [6, 6.07) is 0. The number of fused-ring (bicyclic) bond motifs is 1. The summed E-state index contributed by atoms with van der Waals surface area (Å²) in [7, 11) is 0. The summed E-state index contributed by atoms with van der Waals surface area (Å²) >= 11 is 1.48. The van der Waals surface area contributed by atoms with Crippen LogP contribution < -0.4 is 0 Å². The lowest BCUT2D eigenvalue weighted by Crippen LogP contribution is -2.29. The first-order valence-corrected chi connectivity index (χ1v) is 4.47. The predicted molar refractivity (Wildman–Crippen MR) is 44.0 cm³/mol. The molecule has 1 saturated heterocycles. The van der Waals surface area contributed by atoms with Gasteiger partial charge in [0.25, 0.3) is 0 Å². The average molecular weight is 182 g/mol. The lowest BCUT2D eigenvalue weighted by atomic mass is 9.96. The van der Waals surface area contributed by atoms with Gasteiger partial charge in [-0.3, -0.25) is 9.59 Å². The van der Waals surface area contributed by atoms with Gasteiger partial charge in [-0.05, 0) is 16.4 Å². The second kappa shape index (κ2) is 2.79. The molecule has 0 aromatic rings. The van der Waals surface area contributed by atoms with Crippen LogP contribution in [0.4, 0.5) is 0 Å². The molecule has 1 atom stereocenters.